The normalized spacial score (nSPS) is 29.1. The van der Waals surface area contributed by atoms with Crippen LogP contribution < -0.4 is 0 Å². The summed E-state index contributed by atoms with van der Waals surface area (Å²) < 4.78 is 0. The predicted octanol–water partition coefficient (Wildman–Crippen LogP) is 4.65. The van der Waals surface area contributed by atoms with Crippen molar-refractivity contribution in [3.05, 3.63) is 53.6 Å². The monoisotopic (exact) mass is 281 g/mol. The number of fused-ring (bicyclic) bond motifs is 1. The highest BCUT2D eigenvalue weighted by atomic mass is 15.2. The molecule has 21 heavy (non-hydrogen) atoms. The van der Waals surface area contributed by atoms with E-state index < -0.39 is 0 Å². The smallest absolute Gasteiger partial charge is 0.0124 e. The van der Waals surface area contributed by atoms with E-state index in [4.69, 9.17) is 0 Å². The Labute approximate surface area is 129 Å². The fourth-order valence-corrected chi connectivity index (χ4v) is 3.87. The number of likely N-dealkylation sites (N-methyl/N-ethyl adjacent to an activating group) is 1. The number of piperidine rings is 1. The first-order valence-electron chi connectivity index (χ1n) is 8.39. The number of nitrogens with zero attached hydrogens (tertiary/aromatic N) is 1. The molecule has 1 heterocycles. The first kappa shape index (κ1) is 14.6. The molecule has 112 valence electrons. The summed E-state index contributed by atoms with van der Waals surface area (Å²) in [5.74, 6) is 0.907. The average molecular weight is 281 g/mol. The molecule has 0 amide bonds. The van der Waals surface area contributed by atoms with E-state index in [1.165, 1.54) is 37.2 Å². The summed E-state index contributed by atoms with van der Waals surface area (Å²) in [6, 6.07) is 9.36. The van der Waals surface area contributed by atoms with E-state index in [2.05, 4.69) is 68.2 Å². The van der Waals surface area contributed by atoms with Crippen LogP contribution in [0.1, 0.15) is 44.7 Å². The highest BCUT2D eigenvalue weighted by Gasteiger charge is 2.60. The zero-order chi connectivity index (χ0) is 14.9. The van der Waals surface area contributed by atoms with Gasteiger partial charge in [-0.05, 0) is 48.9 Å². The van der Waals surface area contributed by atoms with Crippen molar-refractivity contribution in [3.8, 4) is 0 Å². The molecule has 0 bridgehead atoms. The highest BCUT2D eigenvalue weighted by molar-refractivity contribution is 5.73. The lowest BCUT2D eigenvalue weighted by atomic mass is 9.92. The Morgan fingerprint density at radius 2 is 2.05 bits per heavy atom. The van der Waals surface area contributed by atoms with Crippen molar-refractivity contribution >= 4 is 5.57 Å². The van der Waals surface area contributed by atoms with Crippen LogP contribution in [0.2, 0.25) is 0 Å². The Balaban J connectivity index is 1.78. The van der Waals surface area contributed by atoms with Crippen LogP contribution in [0.25, 0.3) is 5.57 Å². The van der Waals surface area contributed by atoms with Crippen molar-refractivity contribution in [2.75, 3.05) is 19.6 Å². The molecule has 1 saturated carbocycles. The van der Waals surface area contributed by atoms with Gasteiger partial charge in [0.05, 0.1) is 0 Å². The Morgan fingerprint density at radius 3 is 2.62 bits per heavy atom. The lowest BCUT2D eigenvalue weighted by Gasteiger charge is -2.19. The third kappa shape index (κ3) is 2.60. The van der Waals surface area contributed by atoms with Gasteiger partial charge >= 0.3 is 0 Å². The lowest BCUT2D eigenvalue weighted by molar-refractivity contribution is 0.314. The number of rotatable bonds is 5. The van der Waals surface area contributed by atoms with Gasteiger partial charge in [-0.25, -0.2) is 0 Å². The second kappa shape index (κ2) is 5.81. The Kier molecular flexibility index (Phi) is 4.03. The molecule has 2 fully saturated rings. The summed E-state index contributed by atoms with van der Waals surface area (Å²) >= 11 is 0. The molecule has 1 aliphatic carbocycles. The van der Waals surface area contributed by atoms with Crippen LogP contribution in [0.5, 0.6) is 0 Å². The van der Waals surface area contributed by atoms with Crippen molar-refractivity contribution in [1.29, 1.82) is 0 Å². The predicted molar refractivity (Wildman–Crippen MR) is 91.4 cm³/mol. The minimum atomic E-state index is 0.490. The van der Waals surface area contributed by atoms with Crippen molar-refractivity contribution in [1.82, 2.24) is 4.90 Å². The first-order chi connectivity index (χ1) is 10.2. The van der Waals surface area contributed by atoms with Gasteiger partial charge in [0.2, 0.25) is 0 Å². The van der Waals surface area contributed by atoms with Gasteiger partial charge in [0.15, 0.2) is 0 Å². The molecular weight excluding hydrogens is 254 g/mol. The van der Waals surface area contributed by atoms with Gasteiger partial charge in [0.1, 0.15) is 0 Å². The molecule has 1 aromatic carbocycles. The SMILES string of the molecule is C/C=C(\C=C/CC)c1ccc(C23CC2CN(CC)C3)cc1. The highest BCUT2D eigenvalue weighted by Crippen LogP contribution is 2.58. The van der Waals surface area contributed by atoms with Crippen molar-refractivity contribution in [3.63, 3.8) is 0 Å². The minimum Gasteiger partial charge on any atom is -0.302 e. The largest absolute Gasteiger partial charge is 0.302 e. The third-order valence-electron chi connectivity index (χ3n) is 5.30. The Morgan fingerprint density at radius 1 is 1.29 bits per heavy atom. The molecule has 0 aromatic heterocycles. The average Bonchev–Trinajstić information content (AvgIpc) is 3.10. The maximum absolute atomic E-state index is 2.60. The maximum atomic E-state index is 2.60. The molecule has 0 radical (unpaired) electrons. The van der Waals surface area contributed by atoms with Gasteiger partial charge in [-0.3, -0.25) is 0 Å². The van der Waals surface area contributed by atoms with Gasteiger partial charge in [-0.2, -0.15) is 0 Å². The summed E-state index contributed by atoms with van der Waals surface area (Å²) in [4.78, 5) is 2.60. The summed E-state index contributed by atoms with van der Waals surface area (Å²) in [5, 5.41) is 0. The molecule has 1 aromatic rings. The third-order valence-corrected chi connectivity index (χ3v) is 5.30. The van der Waals surface area contributed by atoms with Crippen LogP contribution in [-0.4, -0.2) is 24.5 Å². The van der Waals surface area contributed by atoms with Crippen molar-refractivity contribution < 1.29 is 0 Å². The van der Waals surface area contributed by atoms with E-state index in [0.717, 1.165) is 12.3 Å². The van der Waals surface area contributed by atoms with E-state index in [9.17, 15) is 0 Å². The van der Waals surface area contributed by atoms with E-state index >= 15 is 0 Å². The van der Waals surface area contributed by atoms with Gasteiger partial charge in [-0.1, -0.05) is 56.3 Å². The fraction of sp³-hybridized carbons (Fsp3) is 0.500. The van der Waals surface area contributed by atoms with Crippen LogP contribution in [0.15, 0.2) is 42.5 Å². The van der Waals surface area contributed by atoms with Gasteiger partial charge in [-0.15, -0.1) is 0 Å². The zero-order valence-corrected chi connectivity index (χ0v) is 13.6. The summed E-state index contributed by atoms with van der Waals surface area (Å²) in [6.07, 6.45) is 9.16. The molecule has 0 spiro atoms. The van der Waals surface area contributed by atoms with Crippen molar-refractivity contribution in [2.24, 2.45) is 5.92 Å². The summed E-state index contributed by atoms with van der Waals surface area (Å²) in [6.45, 7) is 10.3. The van der Waals surface area contributed by atoms with Crippen LogP contribution in [0.4, 0.5) is 0 Å². The molecule has 3 rings (SSSR count). The van der Waals surface area contributed by atoms with Crippen LogP contribution in [0.3, 0.4) is 0 Å². The number of hydrogen-bond acceptors (Lipinski definition) is 1. The van der Waals surface area contributed by atoms with Crippen LogP contribution in [-0.2, 0) is 5.41 Å². The molecule has 1 heteroatoms. The van der Waals surface area contributed by atoms with Gasteiger partial charge in [0.25, 0.3) is 0 Å². The lowest BCUT2D eigenvalue weighted by Crippen LogP contribution is -2.26. The quantitative estimate of drug-likeness (QED) is 0.710. The number of hydrogen-bond donors (Lipinski definition) is 0. The molecule has 1 nitrogen and oxygen atoms in total. The topological polar surface area (TPSA) is 3.24 Å². The summed E-state index contributed by atoms with van der Waals surface area (Å²) in [7, 11) is 0. The number of benzene rings is 1. The van der Waals surface area contributed by atoms with E-state index in [1.54, 1.807) is 5.56 Å². The minimum absolute atomic E-state index is 0.490. The Bertz CT molecular complexity index is 552. The van der Waals surface area contributed by atoms with Crippen LogP contribution >= 0.6 is 0 Å². The maximum Gasteiger partial charge on any atom is 0.0124 e. The number of likely N-dealkylation sites (tertiary alicyclic amines) is 1. The van der Waals surface area contributed by atoms with E-state index in [1.807, 2.05) is 0 Å². The second-order valence-electron chi connectivity index (χ2n) is 6.52. The molecular formula is C20H27N. The van der Waals surface area contributed by atoms with Gasteiger partial charge in [0, 0.05) is 18.5 Å². The molecule has 0 N–H and O–H groups in total. The fourth-order valence-electron chi connectivity index (χ4n) is 3.87. The molecule has 2 unspecified atom stereocenters. The van der Waals surface area contributed by atoms with E-state index in [-0.39, 0.29) is 0 Å². The summed E-state index contributed by atoms with van der Waals surface area (Å²) in [5.41, 5.74) is 4.71. The van der Waals surface area contributed by atoms with Crippen LogP contribution in [0, 0.1) is 5.92 Å². The number of allylic oxidation sites excluding steroid dienone is 4. The molecule has 2 atom stereocenters. The van der Waals surface area contributed by atoms with E-state index in [0.29, 0.717) is 5.41 Å². The van der Waals surface area contributed by atoms with Gasteiger partial charge < -0.3 is 4.90 Å². The Hall–Kier alpha value is -1.34. The standard InChI is InChI=1S/C20H27N/c1-4-7-8-16(5-2)17-9-11-18(12-10-17)20-13-19(20)14-21(6-3)15-20/h5,7-12,19H,4,6,13-15H2,1-3H3/b8-7-,16-5+. The molecule has 1 aliphatic heterocycles. The zero-order valence-electron chi connectivity index (χ0n) is 13.6. The molecule has 1 saturated heterocycles. The molecule has 2 aliphatic rings. The second-order valence-corrected chi connectivity index (χ2v) is 6.52. The first-order valence-corrected chi connectivity index (χ1v) is 8.39. The van der Waals surface area contributed by atoms with Crippen molar-refractivity contribution in [2.45, 2.75) is 39.0 Å².